The van der Waals surface area contributed by atoms with Crippen LogP contribution in [0.25, 0.3) is 0 Å². The number of anilines is 2. The van der Waals surface area contributed by atoms with Gasteiger partial charge in [-0.3, -0.25) is 4.79 Å². The van der Waals surface area contributed by atoms with Crippen molar-refractivity contribution in [2.75, 3.05) is 30.8 Å². The van der Waals surface area contributed by atoms with Crippen LogP contribution < -0.4 is 15.4 Å². The second kappa shape index (κ2) is 8.93. The highest BCUT2D eigenvalue weighted by Crippen LogP contribution is 2.12. The monoisotopic (exact) mass is 297 g/mol. The summed E-state index contributed by atoms with van der Waals surface area (Å²) in [4.78, 5) is 23.6. The molecule has 8 nitrogen and oxygen atoms in total. The van der Waals surface area contributed by atoms with Crippen LogP contribution in [0.2, 0.25) is 0 Å². The Balaban J connectivity index is 2.51. The Kier molecular flexibility index (Phi) is 7.20. The first-order valence-corrected chi connectivity index (χ1v) is 7.05. The van der Waals surface area contributed by atoms with E-state index >= 15 is 0 Å². The van der Waals surface area contributed by atoms with Gasteiger partial charge in [0.25, 0.3) is 0 Å². The SMILES string of the molecule is CCOC(=O)CCCNc1nc(NC)nc(OC(C)C)n1. The zero-order valence-corrected chi connectivity index (χ0v) is 13.0. The van der Waals surface area contributed by atoms with Gasteiger partial charge in [-0.1, -0.05) is 0 Å². The molecule has 0 saturated heterocycles. The fraction of sp³-hybridized carbons (Fsp3) is 0.692. The molecule has 0 bridgehead atoms. The van der Waals surface area contributed by atoms with Crippen molar-refractivity contribution in [2.45, 2.75) is 39.7 Å². The van der Waals surface area contributed by atoms with E-state index in [-0.39, 0.29) is 18.1 Å². The van der Waals surface area contributed by atoms with E-state index < -0.39 is 0 Å². The molecule has 8 heteroatoms. The van der Waals surface area contributed by atoms with Gasteiger partial charge in [-0.05, 0) is 27.2 Å². The lowest BCUT2D eigenvalue weighted by molar-refractivity contribution is -0.143. The van der Waals surface area contributed by atoms with Gasteiger partial charge in [-0.25, -0.2) is 0 Å². The van der Waals surface area contributed by atoms with Gasteiger partial charge < -0.3 is 20.1 Å². The van der Waals surface area contributed by atoms with Crippen molar-refractivity contribution < 1.29 is 14.3 Å². The fourth-order valence-electron chi connectivity index (χ4n) is 1.48. The highest BCUT2D eigenvalue weighted by Gasteiger charge is 2.08. The average Bonchev–Trinajstić information content (AvgIpc) is 2.43. The number of nitrogens with one attached hydrogen (secondary N) is 2. The Hall–Kier alpha value is -2.12. The Morgan fingerprint density at radius 3 is 2.57 bits per heavy atom. The first-order valence-electron chi connectivity index (χ1n) is 7.05. The van der Waals surface area contributed by atoms with Crippen molar-refractivity contribution >= 4 is 17.9 Å². The summed E-state index contributed by atoms with van der Waals surface area (Å²) in [6, 6.07) is 0.261. The number of esters is 1. The molecule has 0 aliphatic carbocycles. The maximum Gasteiger partial charge on any atom is 0.323 e. The predicted molar refractivity (Wildman–Crippen MR) is 79.5 cm³/mol. The van der Waals surface area contributed by atoms with Crippen LogP contribution in [0, 0.1) is 0 Å². The summed E-state index contributed by atoms with van der Waals surface area (Å²) in [6.07, 6.45) is 0.980. The topological polar surface area (TPSA) is 98.3 Å². The molecule has 0 spiro atoms. The van der Waals surface area contributed by atoms with Crippen molar-refractivity contribution in [3.63, 3.8) is 0 Å². The van der Waals surface area contributed by atoms with Crippen LogP contribution >= 0.6 is 0 Å². The maximum atomic E-state index is 11.2. The summed E-state index contributed by atoms with van der Waals surface area (Å²) in [5.74, 6) is 0.636. The van der Waals surface area contributed by atoms with E-state index in [0.29, 0.717) is 37.9 Å². The third-order valence-electron chi connectivity index (χ3n) is 2.33. The zero-order chi connectivity index (χ0) is 15.7. The van der Waals surface area contributed by atoms with Crippen molar-refractivity contribution in [1.82, 2.24) is 15.0 Å². The molecule has 2 N–H and O–H groups in total. The Bertz CT molecular complexity index is 453. The summed E-state index contributed by atoms with van der Waals surface area (Å²) < 4.78 is 10.3. The van der Waals surface area contributed by atoms with Gasteiger partial charge in [0.2, 0.25) is 11.9 Å². The van der Waals surface area contributed by atoms with E-state index in [9.17, 15) is 4.79 Å². The molecule has 0 radical (unpaired) electrons. The maximum absolute atomic E-state index is 11.2. The number of carbonyl (C=O) groups is 1. The van der Waals surface area contributed by atoms with Gasteiger partial charge in [-0.2, -0.15) is 15.0 Å². The molecular weight excluding hydrogens is 274 g/mol. The fourth-order valence-corrected chi connectivity index (χ4v) is 1.48. The second-order valence-corrected chi connectivity index (χ2v) is 4.52. The van der Waals surface area contributed by atoms with Crippen LogP contribution in [-0.4, -0.2) is 47.2 Å². The first-order chi connectivity index (χ1) is 10.0. The lowest BCUT2D eigenvalue weighted by Crippen LogP contribution is -2.14. The summed E-state index contributed by atoms with van der Waals surface area (Å²) in [5, 5.41) is 5.89. The zero-order valence-electron chi connectivity index (χ0n) is 13.0. The lowest BCUT2D eigenvalue weighted by atomic mass is 10.3. The minimum Gasteiger partial charge on any atom is -0.466 e. The summed E-state index contributed by atoms with van der Waals surface area (Å²) in [5.41, 5.74) is 0. The van der Waals surface area contributed by atoms with Crippen molar-refractivity contribution in [1.29, 1.82) is 0 Å². The third-order valence-corrected chi connectivity index (χ3v) is 2.33. The smallest absolute Gasteiger partial charge is 0.323 e. The van der Waals surface area contributed by atoms with Gasteiger partial charge in [0.15, 0.2) is 0 Å². The molecule has 0 saturated carbocycles. The molecule has 0 aliphatic heterocycles. The largest absolute Gasteiger partial charge is 0.466 e. The summed E-state index contributed by atoms with van der Waals surface area (Å²) >= 11 is 0. The van der Waals surface area contributed by atoms with E-state index in [1.54, 1.807) is 14.0 Å². The molecule has 0 amide bonds. The highest BCUT2D eigenvalue weighted by molar-refractivity contribution is 5.69. The number of hydrogen-bond acceptors (Lipinski definition) is 8. The number of rotatable bonds is 9. The Morgan fingerprint density at radius 1 is 1.24 bits per heavy atom. The molecule has 0 aromatic carbocycles. The molecule has 0 unspecified atom stereocenters. The molecule has 1 heterocycles. The third kappa shape index (κ3) is 6.73. The van der Waals surface area contributed by atoms with E-state index in [4.69, 9.17) is 9.47 Å². The lowest BCUT2D eigenvalue weighted by Gasteiger charge is -2.11. The molecule has 0 aliphatic rings. The van der Waals surface area contributed by atoms with Crippen LogP contribution in [0.1, 0.15) is 33.6 Å². The number of carbonyl (C=O) groups excluding carboxylic acids is 1. The number of nitrogens with zero attached hydrogens (tertiary/aromatic N) is 3. The highest BCUT2D eigenvalue weighted by atomic mass is 16.5. The van der Waals surface area contributed by atoms with Crippen LogP contribution in [0.4, 0.5) is 11.9 Å². The predicted octanol–water partition coefficient (Wildman–Crippen LogP) is 1.46. The minimum absolute atomic E-state index is 0.0197. The van der Waals surface area contributed by atoms with Gasteiger partial charge in [0.05, 0.1) is 12.7 Å². The van der Waals surface area contributed by atoms with Crippen LogP contribution in [0.5, 0.6) is 6.01 Å². The van der Waals surface area contributed by atoms with E-state index in [0.717, 1.165) is 0 Å². The second-order valence-electron chi connectivity index (χ2n) is 4.52. The van der Waals surface area contributed by atoms with Crippen molar-refractivity contribution in [3.05, 3.63) is 0 Å². The molecule has 1 aromatic rings. The van der Waals surface area contributed by atoms with Crippen LogP contribution in [0.15, 0.2) is 0 Å². The van der Waals surface area contributed by atoms with Gasteiger partial charge >= 0.3 is 12.0 Å². The van der Waals surface area contributed by atoms with E-state index in [1.807, 2.05) is 13.8 Å². The standard InChI is InChI=1S/C13H23N5O3/c1-5-20-10(19)7-6-8-15-12-16-11(14-4)17-13(18-12)21-9(2)3/h9H,5-8H2,1-4H3,(H2,14,15,16,17,18). The summed E-state index contributed by atoms with van der Waals surface area (Å²) in [7, 11) is 1.72. The van der Waals surface area contributed by atoms with E-state index in [1.165, 1.54) is 0 Å². The van der Waals surface area contributed by atoms with Gasteiger partial charge in [0.1, 0.15) is 0 Å². The van der Waals surface area contributed by atoms with Crippen molar-refractivity contribution in [3.8, 4) is 6.01 Å². The number of ether oxygens (including phenoxy) is 2. The van der Waals surface area contributed by atoms with Crippen molar-refractivity contribution in [2.24, 2.45) is 0 Å². The van der Waals surface area contributed by atoms with Crippen LogP contribution in [-0.2, 0) is 9.53 Å². The Labute approximate surface area is 124 Å². The summed E-state index contributed by atoms with van der Waals surface area (Å²) in [6.45, 7) is 6.55. The average molecular weight is 297 g/mol. The molecule has 1 aromatic heterocycles. The molecule has 0 atom stereocenters. The van der Waals surface area contributed by atoms with Gasteiger partial charge in [-0.15, -0.1) is 0 Å². The van der Waals surface area contributed by atoms with Gasteiger partial charge in [0, 0.05) is 20.0 Å². The quantitative estimate of drug-likeness (QED) is 0.522. The molecular formula is C13H23N5O3. The van der Waals surface area contributed by atoms with E-state index in [2.05, 4.69) is 25.6 Å². The first kappa shape index (κ1) is 16.9. The van der Waals surface area contributed by atoms with Crippen LogP contribution in [0.3, 0.4) is 0 Å². The number of hydrogen-bond donors (Lipinski definition) is 2. The molecule has 118 valence electrons. The molecule has 0 fully saturated rings. The Morgan fingerprint density at radius 2 is 1.95 bits per heavy atom. The normalized spacial score (nSPS) is 10.3. The molecule has 1 rings (SSSR count). The minimum atomic E-state index is -0.199. The molecule has 21 heavy (non-hydrogen) atoms. The number of aromatic nitrogens is 3.